The van der Waals surface area contributed by atoms with Crippen molar-refractivity contribution in [3.63, 3.8) is 0 Å². The summed E-state index contributed by atoms with van der Waals surface area (Å²) < 4.78 is 5.73. The molecule has 3 rings (SSSR count). The molecule has 1 fully saturated rings. The number of ether oxygens (including phenoxy) is 1. The first-order valence-electron chi connectivity index (χ1n) is 9.47. The molecule has 0 amide bonds. The lowest BCUT2D eigenvalue weighted by Crippen LogP contribution is -2.33. The van der Waals surface area contributed by atoms with Gasteiger partial charge in [0.15, 0.2) is 0 Å². The first-order chi connectivity index (χ1) is 12.2. The van der Waals surface area contributed by atoms with E-state index >= 15 is 0 Å². The third kappa shape index (κ3) is 5.58. The van der Waals surface area contributed by atoms with Gasteiger partial charge in [0.25, 0.3) is 0 Å². The van der Waals surface area contributed by atoms with Crippen molar-refractivity contribution in [3.05, 3.63) is 65.7 Å². The Labute approximate surface area is 152 Å². The molecule has 3 heteroatoms. The topological polar surface area (TPSA) is 24.5 Å². The van der Waals surface area contributed by atoms with Gasteiger partial charge in [-0.1, -0.05) is 42.5 Å². The van der Waals surface area contributed by atoms with Crippen LogP contribution in [0.15, 0.2) is 54.6 Å². The summed E-state index contributed by atoms with van der Waals surface area (Å²) in [4.78, 5) is 2.57. The van der Waals surface area contributed by atoms with Crippen molar-refractivity contribution in [3.8, 4) is 5.75 Å². The lowest BCUT2D eigenvalue weighted by Gasteiger charge is -2.25. The highest BCUT2D eigenvalue weighted by atomic mass is 16.5. The lowest BCUT2D eigenvalue weighted by molar-refractivity contribution is 0.242. The molecule has 2 aromatic rings. The van der Waals surface area contributed by atoms with Crippen LogP contribution in [0.25, 0.3) is 0 Å². The van der Waals surface area contributed by atoms with E-state index in [2.05, 4.69) is 78.7 Å². The minimum atomic E-state index is 0.215. The zero-order valence-corrected chi connectivity index (χ0v) is 15.4. The Kier molecular flexibility index (Phi) is 6.48. The lowest BCUT2D eigenvalue weighted by atomic mass is 10.1. The van der Waals surface area contributed by atoms with E-state index in [1.165, 1.54) is 37.1 Å². The van der Waals surface area contributed by atoms with Gasteiger partial charge >= 0.3 is 0 Å². The molecule has 2 aromatic carbocycles. The third-order valence-corrected chi connectivity index (χ3v) is 4.69. The van der Waals surface area contributed by atoms with Crippen molar-refractivity contribution in [2.24, 2.45) is 0 Å². The minimum Gasteiger partial charge on any atom is -0.491 e. The largest absolute Gasteiger partial charge is 0.491 e. The molecule has 0 aromatic heterocycles. The van der Waals surface area contributed by atoms with Gasteiger partial charge in [0.2, 0.25) is 0 Å². The Balaban J connectivity index is 1.61. The number of hydrogen-bond acceptors (Lipinski definition) is 3. The zero-order chi connectivity index (χ0) is 17.5. The van der Waals surface area contributed by atoms with Crippen molar-refractivity contribution in [2.75, 3.05) is 19.6 Å². The van der Waals surface area contributed by atoms with Crippen LogP contribution in [-0.4, -0.2) is 30.6 Å². The summed E-state index contributed by atoms with van der Waals surface area (Å²) in [5.74, 6) is 0.940. The number of rotatable bonds is 8. The molecular formula is C22H30N2O. The van der Waals surface area contributed by atoms with E-state index in [1.54, 1.807) is 0 Å². The molecular weight excluding hydrogens is 308 g/mol. The molecule has 1 N–H and O–H groups in total. The SMILES string of the molecule is CC(C)Oc1ccc(CNC(CN2CCCC2)c2ccccc2)cc1. The Morgan fingerprint density at radius 3 is 2.28 bits per heavy atom. The van der Waals surface area contributed by atoms with Crippen molar-refractivity contribution in [1.29, 1.82) is 0 Å². The van der Waals surface area contributed by atoms with Crippen LogP contribution in [0.5, 0.6) is 5.75 Å². The quantitative estimate of drug-likeness (QED) is 0.772. The maximum Gasteiger partial charge on any atom is 0.119 e. The summed E-state index contributed by atoms with van der Waals surface area (Å²) in [7, 11) is 0. The monoisotopic (exact) mass is 338 g/mol. The number of benzene rings is 2. The third-order valence-electron chi connectivity index (χ3n) is 4.69. The first kappa shape index (κ1) is 18.0. The van der Waals surface area contributed by atoms with Crippen molar-refractivity contribution < 1.29 is 4.74 Å². The molecule has 0 radical (unpaired) electrons. The number of likely N-dealkylation sites (tertiary alicyclic amines) is 1. The van der Waals surface area contributed by atoms with Crippen LogP contribution in [0.4, 0.5) is 0 Å². The van der Waals surface area contributed by atoms with Crippen LogP contribution in [0, 0.1) is 0 Å². The molecule has 3 nitrogen and oxygen atoms in total. The average Bonchev–Trinajstić information content (AvgIpc) is 3.13. The number of hydrogen-bond donors (Lipinski definition) is 1. The molecule has 1 aliphatic heterocycles. The highest BCUT2D eigenvalue weighted by Crippen LogP contribution is 2.19. The molecule has 0 spiro atoms. The van der Waals surface area contributed by atoms with E-state index in [4.69, 9.17) is 4.74 Å². The van der Waals surface area contributed by atoms with Crippen molar-refractivity contribution in [1.82, 2.24) is 10.2 Å². The normalized spacial score (nSPS) is 16.3. The Bertz CT molecular complexity index is 618. The summed E-state index contributed by atoms with van der Waals surface area (Å²) in [5.41, 5.74) is 2.66. The van der Waals surface area contributed by atoms with E-state index in [0.717, 1.165) is 18.8 Å². The fourth-order valence-corrected chi connectivity index (χ4v) is 3.40. The van der Waals surface area contributed by atoms with E-state index in [0.29, 0.717) is 6.04 Å². The predicted octanol–water partition coefficient (Wildman–Crippen LogP) is 4.40. The van der Waals surface area contributed by atoms with Crippen LogP contribution in [0.3, 0.4) is 0 Å². The number of nitrogens with one attached hydrogen (secondary N) is 1. The van der Waals surface area contributed by atoms with Gasteiger partial charge in [0, 0.05) is 19.1 Å². The van der Waals surface area contributed by atoms with Crippen LogP contribution >= 0.6 is 0 Å². The van der Waals surface area contributed by atoms with Gasteiger partial charge in [-0.25, -0.2) is 0 Å². The van der Waals surface area contributed by atoms with E-state index in [-0.39, 0.29) is 6.10 Å². The zero-order valence-electron chi connectivity index (χ0n) is 15.4. The van der Waals surface area contributed by atoms with Gasteiger partial charge in [0.05, 0.1) is 6.10 Å². The molecule has 0 bridgehead atoms. The fraction of sp³-hybridized carbons (Fsp3) is 0.455. The van der Waals surface area contributed by atoms with Crippen LogP contribution in [0.1, 0.15) is 43.9 Å². The van der Waals surface area contributed by atoms with Gasteiger partial charge in [-0.3, -0.25) is 0 Å². The second-order valence-electron chi connectivity index (χ2n) is 7.16. The van der Waals surface area contributed by atoms with Gasteiger partial charge < -0.3 is 15.0 Å². The minimum absolute atomic E-state index is 0.215. The molecule has 25 heavy (non-hydrogen) atoms. The maximum atomic E-state index is 5.73. The number of nitrogens with zero attached hydrogens (tertiary/aromatic N) is 1. The molecule has 134 valence electrons. The molecule has 0 saturated carbocycles. The van der Waals surface area contributed by atoms with Gasteiger partial charge in [-0.2, -0.15) is 0 Å². The van der Waals surface area contributed by atoms with Crippen LogP contribution in [-0.2, 0) is 6.54 Å². The first-order valence-corrected chi connectivity index (χ1v) is 9.47. The Hall–Kier alpha value is -1.84. The molecule has 1 saturated heterocycles. The van der Waals surface area contributed by atoms with Gasteiger partial charge in [-0.05, 0) is 63.0 Å². The van der Waals surface area contributed by atoms with E-state index in [1.807, 2.05) is 0 Å². The van der Waals surface area contributed by atoms with Crippen molar-refractivity contribution >= 4 is 0 Å². The van der Waals surface area contributed by atoms with Crippen molar-refractivity contribution in [2.45, 2.75) is 45.4 Å². The second-order valence-corrected chi connectivity index (χ2v) is 7.16. The summed E-state index contributed by atoms with van der Waals surface area (Å²) >= 11 is 0. The second kappa shape index (κ2) is 9.02. The van der Waals surface area contributed by atoms with Crippen LogP contribution in [0.2, 0.25) is 0 Å². The Morgan fingerprint density at radius 1 is 0.960 bits per heavy atom. The molecule has 1 aliphatic rings. The molecule has 1 heterocycles. The fourth-order valence-electron chi connectivity index (χ4n) is 3.40. The van der Waals surface area contributed by atoms with Crippen LogP contribution < -0.4 is 10.1 Å². The smallest absolute Gasteiger partial charge is 0.119 e. The molecule has 1 atom stereocenters. The summed E-state index contributed by atoms with van der Waals surface area (Å²) in [5, 5.41) is 3.76. The van der Waals surface area contributed by atoms with Gasteiger partial charge in [0.1, 0.15) is 5.75 Å². The predicted molar refractivity (Wildman–Crippen MR) is 104 cm³/mol. The molecule has 0 aliphatic carbocycles. The summed E-state index contributed by atoms with van der Waals surface area (Å²) in [6, 6.07) is 19.6. The standard InChI is InChI=1S/C22H30N2O/c1-18(2)25-21-12-10-19(11-13-21)16-23-22(17-24-14-6-7-15-24)20-8-4-3-5-9-20/h3-5,8-13,18,22-23H,6-7,14-17H2,1-2H3. The highest BCUT2D eigenvalue weighted by Gasteiger charge is 2.18. The van der Waals surface area contributed by atoms with Gasteiger partial charge in [-0.15, -0.1) is 0 Å². The van der Waals surface area contributed by atoms with E-state index in [9.17, 15) is 0 Å². The summed E-state index contributed by atoms with van der Waals surface area (Å²) in [6.45, 7) is 8.52. The Morgan fingerprint density at radius 2 is 1.64 bits per heavy atom. The molecule has 1 unspecified atom stereocenters. The highest BCUT2D eigenvalue weighted by molar-refractivity contribution is 5.28. The summed E-state index contributed by atoms with van der Waals surface area (Å²) in [6.07, 6.45) is 2.88. The maximum absolute atomic E-state index is 5.73. The van der Waals surface area contributed by atoms with E-state index < -0.39 is 0 Å². The average molecular weight is 338 g/mol.